The smallest absolute Gasteiger partial charge is 0.337 e. The fraction of sp³-hybridized carbons (Fsp3) is 0.550. The van der Waals surface area contributed by atoms with Gasteiger partial charge in [-0.05, 0) is 42.4 Å². The summed E-state index contributed by atoms with van der Waals surface area (Å²) in [5.74, 6) is -1.00. The predicted octanol–water partition coefficient (Wildman–Crippen LogP) is 1.83. The highest BCUT2D eigenvalue weighted by molar-refractivity contribution is 5.92. The topological polar surface area (TPSA) is 108 Å². The van der Waals surface area contributed by atoms with Crippen LogP contribution in [0.2, 0.25) is 0 Å². The SMILES string of the molecule is CC(C)(C)[C@H](NC(=O)n1c(=O)n(CC2CCOCC2)c2cc(F)ccc21)C(N)=O. The molecule has 0 radical (unpaired) electrons. The molecule has 2 amide bonds. The maximum atomic E-state index is 13.9. The normalized spacial score (nSPS) is 16.7. The van der Waals surface area contributed by atoms with E-state index in [0.29, 0.717) is 25.3 Å². The average molecular weight is 406 g/mol. The molecule has 9 heteroatoms. The molecule has 0 unspecified atom stereocenters. The molecule has 158 valence electrons. The molecule has 1 saturated heterocycles. The van der Waals surface area contributed by atoms with Crippen molar-refractivity contribution in [1.29, 1.82) is 0 Å². The lowest BCUT2D eigenvalue weighted by molar-refractivity contribution is -0.122. The molecule has 1 atom stereocenters. The van der Waals surface area contributed by atoms with Crippen molar-refractivity contribution in [1.82, 2.24) is 14.5 Å². The van der Waals surface area contributed by atoms with Crippen molar-refractivity contribution in [3.8, 4) is 0 Å². The van der Waals surface area contributed by atoms with Gasteiger partial charge in [-0.1, -0.05) is 20.8 Å². The lowest BCUT2D eigenvalue weighted by Gasteiger charge is -2.28. The van der Waals surface area contributed by atoms with Crippen LogP contribution in [0, 0.1) is 17.2 Å². The Kier molecular flexibility index (Phi) is 5.79. The van der Waals surface area contributed by atoms with Gasteiger partial charge in [0, 0.05) is 19.8 Å². The third kappa shape index (κ3) is 4.34. The van der Waals surface area contributed by atoms with Gasteiger partial charge in [-0.15, -0.1) is 0 Å². The molecule has 0 bridgehead atoms. The highest BCUT2D eigenvalue weighted by atomic mass is 19.1. The number of ether oxygens (including phenoxy) is 1. The van der Waals surface area contributed by atoms with Gasteiger partial charge in [-0.3, -0.25) is 9.36 Å². The molecule has 1 fully saturated rings. The van der Waals surface area contributed by atoms with Crippen molar-refractivity contribution in [2.75, 3.05) is 13.2 Å². The molecule has 2 heterocycles. The summed E-state index contributed by atoms with van der Waals surface area (Å²) in [5.41, 5.74) is 4.83. The molecular formula is C20H27FN4O4. The van der Waals surface area contributed by atoms with Crippen LogP contribution in [-0.4, -0.2) is 40.3 Å². The van der Waals surface area contributed by atoms with E-state index in [1.807, 2.05) is 0 Å². The minimum atomic E-state index is -0.976. The first kappa shape index (κ1) is 21.0. The fourth-order valence-electron chi connectivity index (χ4n) is 3.69. The Morgan fingerprint density at radius 1 is 1.28 bits per heavy atom. The van der Waals surface area contributed by atoms with E-state index in [1.54, 1.807) is 20.8 Å². The third-order valence-corrected chi connectivity index (χ3v) is 5.29. The van der Waals surface area contributed by atoms with Gasteiger partial charge in [0.15, 0.2) is 0 Å². The number of hydrogen-bond donors (Lipinski definition) is 2. The first-order valence-corrected chi connectivity index (χ1v) is 9.68. The van der Waals surface area contributed by atoms with Crippen molar-refractivity contribution >= 4 is 23.0 Å². The monoisotopic (exact) mass is 406 g/mol. The van der Waals surface area contributed by atoms with Gasteiger partial charge in [0.25, 0.3) is 0 Å². The van der Waals surface area contributed by atoms with E-state index in [2.05, 4.69) is 5.32 Å². The first-order valence-electron chi connectivity index (χ1n) is 9.68. The molecule has 1 aliphatic rings. The number of benzene rings is 1. The van der Waals surface area contributed by atoms with Gasteiger partial charge in [0.05, 0.1) is 11.0 Å². The molecule has 2 aromatic rings. The second kappa shape index (κ2) is 7.98. The quantitative estimate of drug-likeness (QED) is 0.807. The highest BCUT2D eigenvalue weighted by Crippen LogP contribution is 2.22. The summed E-state index contributed by atoms with van der Waals surface area (Å²) in [6, 6.07) is 2.09. The minimum absolute atomic E-state index is 0.194. The number of carbonyl (C=O) groups is 2. The number of primary amides is 1. The lowest BCUT2D eigenvalue weighted by Crippen LogP contribution is -2.54. The lowest BCUT2D eigenvalue weighted by atomic mass is 9.86. The number of fused-ring (bicyclic) bond motifs is 1. The summed E-state index contributed by atoms with van der Waals surface area (Å²) in [5, 5.41) is 2.56. The van der Waals surface area contributed by atoms with Crippen LogP contribution in [0.25, 0.3) is 11.0 Å². The number of aromatic nitrogens is 2. The molecule has 8 nitrogen and oxygen atoms in total. The molecule has 1 aromatic heterocycles. The standard InChI is InChI=1S/C20H27FN4O4/c1-20(2,3)16(17(22)26)23-18(27)25-14-5-4-13(21)10-15(14)24(19(25)28)11-12-6-8-29-9-7-12/h4-5,10,12,16H,6-9,11H2,1-3H3,(H2,22,26)(H,23,27)/t16-/m1/s1. The molecule has 3 rings (SSSR count). The van der Waals surface area contributed by atoms with E-state index in [1.165, 1.54) is 22.8 Å². The first-order chi connectivity index (χ1) is 13.6. The number of carbonyl (C=O) groups excluding carboxylic acids is 2. The number of rotatable bonds is 4. The van der Waals surface area contributed by atoms with Crippen LogP contribution in [0.4, 0.5) is 9.18 Å². The number of amides is 2. The molecular weight excluding hydrogens is 379 g/mol. The summed E-state index contributed by atoms with van der Waals surface area (Å²) in [6.45, 7) is 6.86. The van der Waals surface area contributed by atoms with Gasteiger partial charge in [-0.2, -0.15) is 0 Å². The van der Waals surface area contributed by atoms with Gasteiger partial charge in [0.1, 0.15) is 11.9 Å². The van der Waals surface area contributed by atoms with Crippen LogP contribution in [0.3, 0.4) is 0 Å². The fourth-order valence-corrected chi connectivity index (χ4v) is 3.69. The van der Waals surface area contributed by atoms with Crippen LogP contribution < -0.4 is 16.7 Å². The van der Waals surface area contributed by atoms with Crippen molar-refractivity contribution < 1.29 is 18.7 Å². The van der Waals surface area contributed by atoms with Gasteiger partial charge >= 0.3 is 11.7 Å². The zero-order chi connectivity index (χ0) is 21.3. The van der Waals surface area contributed by atoms with E-state index >= 15 is 0 Å². The van der Waals surface area contributed by atoms with Gasteiger partial charge < -0.3 is 15.8 Å². The highest BCUT2D eigenvalue weighted by Gasteiger charge is 2.33. The molecule has 0 aliphatic carbocycles. The Hall–Kier alpha value is -2.68. The van der Waals surface area contributed by atoms with Crippen molar-refractivity contribution in [2.45, 2.75) is 46.2 Å². The summed E-state index contributed by atoms with van der Waals surface area (Å²) >= 11 is 0. The second-order valence-electron chi connectivity index (χ2n) is 8.57. The van der Waals surface area contributed by atoms with Gasteiger partial charge in [-0.25, -0.2) is 18.5 Å². The van der Waals surface area contributed by atoms with E-state index in [4.69, 9.17) is 10.5 Å². The molecule has 1 aliphatic heterocycles. The Labute approximate surface area is 167 Å². The largest absolute Gasteiger partial charge is 0.381 e. The minimum Gasteiger partial charge on any atom is -0.381 e. The maximum absolute atomic E-state index is 13.9. The van der Waals surface area contributed by atoms with Crippen molar-refractivity contribution in [2.24, 2.45) is 17.1 Å². The Morgan fingerprint density at radius 2 is 1.93 bits per heavy atom. The number of halogens is 1. The molecule has 29 heavy (non-hydrogen) atoms. The number of imidazole rings is 1. The van der Waals surface area contributed by atoms with Crippen molar-refractivity contribution in [3.05, 3.63) is 34.5 Å². The predicted molar refractivity (Wildman–Crippen MR) is 106 cm³/mol. The van der Waals surface area contributed by atoms with Gasteiger partial charge in [0.2, 0.25) is 5.91 Å². The molecule has 0 spiro atoms. The summed E-state index contributed by atoms with van der Waals surface area (Å²) in [6.07, 6.45) is 1.57. The van der Waals surface area contributed by atoms with Crippen LogP contribution in [0.15, 0.2) is 23.0 Å². The molecule has 1 aromatic carbocycles. The number of nitrogens with zero attached hydrogens (tertiary/aromatic N) is 2. The zero-order valence-electron chi connectivity index (χ0n) is 16.9. The number of nitrogens with two attached hydrogens (primary N) is 1. The van der Waals surface area contributed by atoms with Crippen molar-refractivity contribution in [3.63, 3.8) is 0 Å². The van der Waals surface area contributed by atoms with E-state index in [-0.39, 0.29) is 11.4 Å². The Balaban J connectivity index is 2.03. The van der Waals surface area contributed by atoms with Crippen LogP contribution in [-0.2, 0) is 16.1 Å². The Bertz CT molecular complexity index is 983. The van der Waals surface area contributed by atoms with Crippen LogP contribution >= 0.6 is 0 Å². The number of hydrogen-bond acceptors (Lipinski definition) is 4. The third-order valence-electron chi connectivity index (χ3n) is 5.29. The summed E-state index contributed by atoms with van der Waals surface area (Å²) in [7, 11) is 0. The van der Waals surface area contributed by atoms with Crippen LogP contribution in [0.5, 0.6) is 0 Å². The summed E-state index contributed by atoms with van der Waals surface area (Å²) in [4.78, 5) is 37.9. The molecule has 3 N–H and O–H groups in total. The average Bonchev–Trinajstić information content (AvgIpc) is 2.90. The summed E-state index contributed by atoms with van der Waals surface area (Å²) < 4.78 is 21.6. The molecule has 0 saturated carbocycles. The Morgan fingerprint density at radius 3 is 2.52 bits per heavy atom. The van der Waals surface area contributed by atoms with E-state index in [9.17, 15) is 18.8 Å². The van der Waals surface area contributed by atoms with E-state index in [0.717, 1.165) is 17.4 Å². The van der Waals surface area contributed by atoms with E-state index < -0.39 is 34.9 Å². The second-order valence-corrected chi connectivity index (χ2v) is 8.57. The number of nitrogens with one attached hydrogen (secondary N) is 1. The zero-order valence-corrected chi connectivity index (χ0v) is 16.9. The van der Waals surface area contributed by atoms with Crippen LogP contribution in [0.1, 0.15) is 33.6 Å². The maximum Gasteiger partial charge on any atom is 0.337 e.